The molecule has 0 saturated heterocycles. The zero-order chi connectivity index (χ0) is 10.2. The molecule has 0 aromatic heterocycles. The van der Waals surface area contributed by atoms with E-state index in [-0.39, 0.29) is 0 Å². The maximum atomic E-state index is 12.0. The van der Waals surface area contributed by atoms with Gasteiger partial charge in [0, 0.05) is 13.1 Å². The quantitative estimate of drug-likeness (QED) is 0.701. The van der Waals surface area contributed by atoms with Crippen molar-refractivity contribution in [2.24, 2.45) is 0 Å². The molecule has 0 aliphatic carbocycles. The molecule has 1 aromatic carbocycles. The Balaban J connectivity index is 2.58. The fraction of sp³-hybridized carbons (Fsp3) is 0.400. The van der Waals surface area contributed by atoms with Crippen molar-refractivity contribution in [3.05, 3.63) is 29.8 Å². The Labute approximate surface area is 84.4 Å². The molecule has 0 saturated carbocycles. The lowest BCUT2D eigenvalue weighted by Crippen LogP contribution is -2.37. The van der Waals surface area contributed by atoms with Crippen molar-refractivity contribution < 1.29 is 8.42 Å². The average molecular weight is 211 g/mol. The first-order chi connectivity index (χ1) is 6.66. The van der Waals surface area contributed by atoms with Gasteiger partial charge in [-0.2, -0.15) is 4.31 Å². The number of sulfonamides is 1. The van der Waals surface area contributed by atoms with Crippen molar-refractivity contribution in [1.29, 1.82) is 0 Å². The number of likely N-dealkylation sites (N-methyl/N-ethyl adjacent to an activating group) is 1. The van der Waals surface area contributed by atoms with E-state index in [1.807, 2.05) is 19.1 Å². The Morgan fingerprint density at radius 3 is 2.79 bits per heavy atom. The highest BCUT2D eigenvalue weighted by Crippen LogP contribution is 2.25. The monoisotopic (exact) mass is 211 g/mol. The van der Waals surface area contributed by atoms with Crippen LogP contribution in [0.1, 0.15) is 12.5 Å². The predicted octanol–water partition coefficient (Wildman–Crippen LogP) is 1.25. The maximum Gasteiger partial charge on any atom is 0.243 e. The first kappa shape index (κ1) is 9.68. The molecule has 76 valence electrons. The molecular weight excluding hydrogens is 198 g/mol. The Bertz CT molecular complexity index is 439. The summed E-state index contributed by atoms with van der Waals surface area (Å²) in [6.45, 7) is 3.03. The van der Waals surface area contributed by atoms with E-state index < -0.39 is 10.0 Å². The highest BCUT2D eigenvalue weighted by molar-refractivity contribution is 7.89. The van der Waals surface area contributed by atoms with Crippen molar-refractivity contribution in [2.75, 3.05) is 13.1 Å². The smallest absolute Gasteiger partial charge is 0.207 e. The summed E-state index contributed by atoms with van der Waals surface area (Å²) in [4.78, 5) is 0.480. The standard InChI is InChI=1S/C10H13NO2S/c1-2-11-8-7-9-5-3-4-6-10(9)14(11,12)13/h3-6H,2,7-8H2,1H3. The highest BCUT2D eigenvalue weighted by atomic mass is 32.2. The third-order valence-corrected chi connectivity index (χ3v) is 4.65. The number of fused-ring (bicyclic) bond motifs is 1. The van der Waals surface area contributed by atoms with Crippen LogP contribution in [0.15, 0.2) is 29.2 Å². The van der Waals surface area contributed by atoms with Crippen LogP contribution in [0, 0.1) is 0 Å². The molecule has 0 fully saturated rings. The molecule has 0 bridgehead atoms. The van der Waals surface area contributed by atoms with Gasteiger partial charge in [-0.05, 0) is 18.1 Å². The van der Waals surface area contributed by atoms with Gasteiger partial charge in [0.05, 0.1) is 4.90 Å². The van der Waals surface area contributed by atoms with Crippen molar-refractivity contribution in [3.8, 4) is 0 Å². The van der Waals surface area contributed by atoms with Gasteiger partial charge in [0.15, 0.2) is 0 Å². The molecule has 1 aromatic rings. The Kier molecular flexibility index (Phi) is 2.33. The molecule has 2 rings (SSSR count). The van der Waals surface area contributed by atoms with Crippen LogP contribution >= 0.6 is 0 Å². The number of hydrogen-bond donors (Lipinski definition) is 0. The van der Waals surface area contributed by atoms with E-state index in [2.05, 4.69) is 0 Å². The lowest BCUT2D eigenvalue weighted by Gasteiger charge is -2.26. The predicted molar refractivity (Wildman–Crippen MR) is 54.6 cm³/mol. The molecule has 0 spiro atoms. The maximum absolute atomic E-state index is 12.0. The van der Waals surface area contributed by atoms with Gasteiger partial charge in [0.2, 0.25) is 10.0 Å². The second-order valence-corrected chi connectivity index (χ2v) is 5.26. The van der Waals surface area contributed by atoms with Crippen molar-refractivity contribution >= 4 is 10.0 Å². The molecule has 1 aliphatic rings. The lowest BCUT2D eigenvalue weighted by molar-refractivity contribution is 0.417. The van der Waals surface area contributed by atoms with Crippen molar-refractivity contribution in [3.63, 3.8) is 0 Å². The van der Waals surface area contributed by atoms with Crippen molar-refractivity contribution in [1.82, 2.24) is 4.31 Å². The molecule has 3 nitrogen and oxygen atoms in total. The van der Waals surface area contributed by atoms with Crippen LogP contribution in [0.4, 0.5) is 0 Å². The number of nitrogens with zero attached hydrogens (tertiary/aromatic N) is 1. The van der Waals surface area contributed by atoms with E-state index in [9.17, 15) is 8.42 Å². The fourth-order valence-electron chi connectivity index (χ4n) is 1.79. The van der Waals surface area contributed by atoms with Crippen LogP contribution < -0.4 is 0 Å². The van der Waals surface area contributed by atoms with E-state index in [1.54, 1.807) is 12.1 Å². The fourth-order valence-corrected chi connectivity index (χ4v) is 3.50. The molecule has 0 atom stereocenters. The summed E-state index contributed by atoms with van der Waals surface area (Å²) in [5.41, 5.74) is 0.942. The van der Waals surface area contributed by atoms with Crippen LogP contribution in [0.25, 0.3) is 0 Å². The molecular formula is C10H13NO2S. The minimum absolute atomic E-state index is 0.480. The van der Waals surface area contributed by atoms with Crippen LogP contribution in [-0.4, -0.2) is 25.8 Å². The lowest BCUT2D eigenvalue weighted by atomic mass is 10.1. The summed E-state index contributed by atoms with van der Waals surface area (Å²) in [5, 5.41) is 0. The molecule has 0 unspecified atom stereocenters. The van der Waals surface area contributed by atoms with Gasteiger partial charge in [0.25, 0.3) is 0 Å². The summed E-state index contributed by atoms with van der Waals surface area (Å²) < 4.78 is 25.4. The van der Waals surface area contributed by atoms with Crippen LogP contribution in [-0.2, 0) is 16.4 Å². The van der Waals surface area contributed by atoms with E-state index in [4.69, 9.17) is 0 Å². The molecule has 0 N–H and O–H groups in total. The second kappa shape index (κ2) is 3.37. The summed E-state index contributed by atoms with van der Waals surface area (Å²) in [6.07, 6.45) is 0.823. The zero-order valence-corrected chi connectivity index (χ0v) is 8.92. The molecule has 1 aliphatic heterocycles. The first-order valence-electron chi connectivity index (χ1n) is 4.74. The van der Waals surface area contributed by atoms with E-state index in [1.165, 1.54) is 4.31 Å². The summed E-state index contributed by atoms with van der Waals surface area (Å²) in [7, 11) is -3.20. The number of benzene rings is 1. The Morgan fingerprint density at radius 1 is 1.36 bits per heavy atom. The molecule has 14 heavy (non-hydrogen) atoms. The topological polar surface area (TPSA) is 37.4 Å². The second-order valence-electron chi connectivity index (χ2n) is 3.35. The first-order valence-corrected chi connectivity index (χ1v) is 6.18. The van der Waals surface area contributed by atoms with Crippen LogP contribution in [0.3, 0.4) is 0 Å². The SMILES string of the molecule is CCN1CCc2ccccc2S1(=O)=O. The average Bonchev–Trinajstić information content (AvgIpc) is 2.18. The number of rotatable bonds is 1. The van der Waals surface area contributed by atoms with Gasteiger partial charge in [0.1, 0.15) is 0 Å². The highest BCUT2D eigenvalue weighted by Gasteiger charge is 2.29. The minimum Gasteiger partial charge on any atom is -0.207 e. The molecule has 0 amide bonds. The molecule has 1 heterocycles. The minimum atomic E-state index is -3.20. The van der Waals surface area contributed by atoms with E-state index in [0.717, 1.165) is 12.0 Å². The number of hydrogen-bond acceptors (Lipinski definition) is 2. The Hall–Kier alpha value is -0.870. The van der Waals surface area contributed by atoms with Gasteiger partial charge < -0.3 is 0 Å². The van der Waals surface area contributed by atoms with Gasteiger partial charge >= 0.3 is 0 Å². The van der Waals surface area contributed by atoms with Gasteiger partial charge in [-0.15, -0.1) is 0 Å². The van der Waals surface area contributed by atoms with Gasteiger partial charge in [-0.3, -0.25) is 0 Å². The van der Waals surface area contributed by atoms with Crippen LogP contribution in [0.5, 0.6) is 0 Å². The summed E-state index contributed by atoms with van der Waals surface area (Å²) in [5.74, 6) is 0. The zero-order valence-electron chi connectivity index (χ0n) is 8.10. The van der Waals surface area contributed by atoms with Gasteiger partial charge in [-0.25, -0.2) is 8.42 Å². The normalized spacial score (nSPS) is 20.4. The van der Waals surface area contributed by atoms with Crippen LogP contribution in [0.2, 0.25) is 0 Å². The van der Waals surface area contributed by atoms with E-state index in [0.29, 0.717) is 18.0 Å². The Morgan fingerprint density at radius 2 is 2.07 bits per heavy atom. The molecule has 0 radical (unpaired) electrons. The van der Waals surface area contributed by atoms with E-state index >= 15 is 0 Å². The summed E-state index contributed by atoms with van der Waals surface area (Å²) in [6, 6.07) is 7.23. The third-order valence-electron chi connectivity index (χ3n) is 2.57. The van der Waals surface area contributed by atoms with Gasteiger partial charge in [-0.1, -0.05) is 25.1 Å². The summed E-state index contributed by atoms with van der Waals surface area (Å²) >= 11 is 0. The largest absolute Gasteiger partial charge is 0.243 e. The third kappa shape index (κ3) is 1.35. The van der Waals surface area contributed by atoms with Crippen molar-refractivity contribution in [2.45, 2.75) is 18.2 Å². The molecule has 4 heteroatoms.